The third-order valence-corrected chi connectivity index (χ3v) is 3.45. The van der Waals surface area contributed by atoms with Crippen molar-refractivity contribution in [2.75, 3.05) is 0 Å². The maximum atomic E-state index is 10.7. The molecule has 0 radical (unpaired) electrons. The number of carboxylic acids is 1. The van der Waals surface area contributed by atoms with Gasteiger partial charge in [-0.3, -0.25) is 4.79 Å². The van der Waals surface area contributed by atoms with Gasteiger partial charge in [-0.05, 0) is 30.2 Å². The minimum Gasteiger partial charge on any atom is -0.480 e. The lowest BCUT2D eigenvalue weighted by Gasteiger charge is -2.07. The third kappa shape index (κ3) is 3.23. The lowest BCUT2D eigenvalue weighted by atomic mass is 10.1. The number of benzene rings is 1. The summed E-state index contributed by atoms with van der Waals surface area (Å²) in [5.74, 6) is -1.04. The number of nitrogens with zero attached hydrogens (tertiary/aromatic N) is 3. The zero-order valence-electron chi connectivity index (χ0n) is 11.0. The fourth-order valence-electron chi connectivity index (χ4n) is 1.88. The molecule has 106 valence electrons. The van der Waals surface area contributed by atoms with Gasteiger partial charge in [0.05, 0.1) is 17.6 Å². The van der Waals surface area contributed by atoms with E-state index in [4.69, 9.17) is 10.8 Å². The highest BCUT2D eigenvalue weighted by molar-refractivity contribution is 9.10. The second kappa shape index (κ2) is 6.15. The van der Waals surface area contributed by atoms with E-state index < -0.39 is 12.0 Å². The molecule has 1 unspecified atom stereocenters. The average Bonchev–Trinajstić information content (AvgIpc) is 2.86. The number of carboxylic acid groups (broad SMARTS) is 1. The summed E-state index contributed by atoms with van der Waals surface area (Å²) in [4.78, 5) is 10.7. The number of halogens is 1. The molecule has 1 aromatic carbocycles. The van der Waals surface area contributed by atoms with Crippen molar-refractivity contribution in [2.24, 2.45) is 5.73 Å². The Hall–Kier alpha value is -1.73. The minimum atomic E-state index is -1.04. The first-order chi connectivity index (χ1) is 9.51. The molecule has 2 rings (SSSR count). The highest BCUT2D eigenvalue weighted by Gasteiger charge is 2.15. The van der Waals surface area contributed by atoms with Crippen LogP contribution in [-0.2, 0) is 17.6 Å². The van der Waals surface area contributed by atoms with Crippen LogP contribution in [0.25, 0.3) is 5.69 Å². The van der Waals surface area contributed by atoms with Crippen molar-refractivity contribution in [3.63, 3.8) is 0 Å². The van der Waals surface area contributed by atoms with Crippen LogP contribution in [0, 0.1) is 0 Å². The van der Waals surface area contributed by atoms with Gasteiger partial charge in [-0.1, -0.05) is 28.1 Å². The lowest BCUT2D eigenvalue weighted by Crippen LogP contribution is -2.32. The second-order valence-electron chi connectivity index (χ2n) is 4.43. The second-order valence-corrected chi connectivity index (χ2v) is 5.35. The fourth-order valence-corrected chi connectivity index (χ4v) is 2.29. The summed E-state index contributed by atoms with van der Waals surface area (Å²) in [6, 6.07) is 4.94. The van der Waals surface area contributed by atoms with E-state index in [0.717, 1.165) is 22.1 Å². The van der Waals surface area contributed by atoms with Gasteiger partial charge in [-0.2, -0.15) is 0 Å². The summed E-state index contributed by atoms with van der Waals surface area (Å²) in [7, 11) is 0. The molecule has 0 saturated heterocycles. The van der Waals surface area contributed by atoms with E-state index in [1.807, 2.05) is 18.2 Å². The Morgan fingerprint density at radius 1 is 1.55 bits per heavy atom. The predicted octanol–water partition coefficient (Wildman–Crippen LogP) is 1.55. The predicted molar refractivity (Wildman–Crippen MR) is 77.8 cm³/mol. The molecule has 0 spiro atoms. The van der Waals surface area contributed by atoms with Gasteiger partial charge in [0.25, 0.3) is 0 Å². The molecule has 1 heterocycles. The normalized spacial score (nSPS) is 12.3. The molecule has 1 aromatic heterocycles. The first-order valence-corrected chi connectivity index (χ1v) is 6.99. The zero-order valence-corrected chi connectivity index (χ0v) is 12.5. The van der Waals surface area contributed by atoms with Crippen LogP contribution < -0.4 is 5.73 Å². The van der Waals surface area contributed by atoms with Crippen molar-refractivity contribution in [3.8, 4) is 5.69 Å². The largest absolute Gasteiger partial charge is 0.480 e. The average molecular weight is 339 g/mol. The van der Waals surface area contributed by atoms with Crippen LogP contribution in [0.4, 0.5) is 0 Å². The smallest absolute Gasteiger partial charge is 0.320 e. The maximum Gasteiger partial charge on any atom is 0.320 e. The van der Waals surface area contributed by atoms with Crippen LogP contribution in [0.15, 0.2) is 28.9 Å². The van der Waals surface area contributed by atoms with Gasteiger partial charge in [0.15, 0.2) is 0 Å². The van der Waals surface area contributed by atoms with E-state index in [0.29, 0.717) is 5.69 Å². The van der Waals surface area contributed by atoms with E-state index >= 15 is 0 Å². The van der Waals surface area contributed by atoms with Gasteiger partial charge in [0.2, 0.25) is 0 Å². The fraction of sp³-hybridized carbons (Fsp3) is 0.308. The van der Waals surface area contributed by atoms with Gasteiger partial charge >= 0.3 is 5.97 Å². The van der Waals surface area contributed by atoms with Crippen molar-refractivity contribution >= 4 is 21.9 Å². The van der Waals surface area contributed by atoms with Crippen LogP contribution in [-0.4, -0.2) is 32.1 Å². The summed E-state index contributed by atoms with van der Waals surface area (Å²) in [6.07, 6.45) is 2.73. The third-order valence-electron chi connectivity index (χ3n) is 2.96. The summed E-state index contributed by atoms with van der Waals surface area (Å²) in [5, 5.41) is 16.8. The topological polar surface area (TPSA) is 94.0 Å². The number of carbonyl (C=O) groups is 1. The monoisotopic (exact) mass is 338 g/mol. The number of aliphatic carboxylic acids is 1. The SMILES string of the molecule is CCc1cc(Br)ccc1-n1cc(CC(N)C(=O)O)nn1. The Balaban J connectivity index is 2.27. The van der Waals surface area contributed by atoms with E-state index in [-0.39, 0.29) is 6.42 Å². The zero-order chi connectivity index (χ0) is 14.7. The molecule has 2 aromatic rings. The molecule has 3 N–H and O–H groups in total. The summed E-state index contributed by atoms with van der Waals surface area (Å²) in [5.41, 5.74) is 8.10. The molecule has 0 bridgehead atoms. The molecular weight excluding hydrogens is 324 g/mol. The molecular formula is C13H15BrN4O2. The number of hydrogen-bond donors (Lipinski definition) is 2. The standard InChI is InChI=1S/C13H15BrN4O2/c1-2-8-5-9(14)3-4-12(8)18-7-10(16-17-18)6-11(15)13(19)20/h3-5,7,11H,2,6,15H2,1H3,(H,19,20). The minimum absolute atomic E-state index is 0.160. The van der Waals surface area contributed by atoms with Crippen LogP contribution in [0.2, 0.25) is 0 Å². The Morgan fingerprint density at radius 3 is 2.95 bits per heavy atom. The van der Waals surface area contributed by atoms with E-state index in [2.05, 4.69) is 33.2 Å². The summed E-state index contributed by atoms with van der Waals surface area (Å²) < 4.78 is 2.65. The van der Waals surface area contributed by atoms with Crippen LogP contribution in [0.3, 0.4) is 0 Å². The number of aromatic nitrogens is 3. The Labute approximate surface area is 124 Å². The molecule has 0 fully saturated rings. The highest BCUT2D eigenvalue weighted by Crippen LogP contribution is 2.20. The van der Waals surface area contributed by atoms with Crippen molar-refractivity contribution in [2.45, 2.75) is 25.8 Å². The molecule has 7 heteroatoms. The van der Waals surface area contributed by atoms with Crippen molar-refractivity contribution < 1.29 is 9.90 Å². The Morgan fingerprint density at radius 2 is 2.30 bits per heavy atom. The van der Waals surface area contributed by atoms with Crippen LogP contribution in [0.5, 0.6) is 0 Å². The maximum absolute atomic E-state index is 10.7. The van der Waals surface area contributed by atoms with Crippen molar-refractivity contribution in [3.05, 3.63) is 40.1 Å². The number of rotatable bonds is 5. The first-order valence-electron chi connectivity index (χ1n) is 6.19. The van der Waals surface area contributed by atoms with Gasteiger partial charge < -0.3 is 10.8 Å². The first kappa shape index (κ1) is 14.7. The number of hydrogen-bond acceptors (Lipinski definition) is 4. The van der Waals surface area contributed by atoms with Crippen LogP contribution >= 0.6 is 15.9 Å². The van der Waals surface area contributed by atoms with Crippen molar-refractivity contribution in [1.82, 2.24) is 15.0 Å². The van der Waals surface area contributed by atoms with Gasteiger partial charge in [0, 0.05) is 10.9 Å². The molecule has 0 aliphatic carbocycles. The molecule has 0 aliphatic heterocycles. The molecule has 0 saturated carbocycles. The molecule has 6 nitrogen and oxygen atoms in total. The molecule has 0 aliphatic rings. The van der Waals surface area contributed by atoms with E-state index in [9.17, 15) is 4.79 Å². The molecule has 1 atom stereocenters. The van der Waals surface area contributed by atoms with Gasteiger partial charge in [-0.15, -0.1) is 5.10 Å². The van der Waals surface area contributed by atoms with Gasteiger partial charge in [-0.25, -0.2) is 4.68 Å². The highest BCUT2D eigenvalue weighted by atomic mass is 79.9. The Kier molecular flexibility index (Phi) is 4.51. The number of aryl methyl sites for hydroxylation is 1. The van der Waals surface area contributed by atoms with E-state index in [1.165, 1.54) is 0 Å². The summed E-state index contributed by atoms with van der Waals surface area (Å²) in [6.45, 7) is 2.06. The quantitative estimate of drug-likeness (QED) is 0.862. The van der Waals surface area contributed by atoms with Crippen LogP contribution in [0.1, 0.15) is 18.2 Å². The Bertz CT molecular complexity index is 627. The van der Waals surface area contributed by atoms with Gasteiger partial charge in [0.1, 0.15) is 6.04 Å². The van der Waals surface area contributed by atoms with Crippen molar-refractivity contribution in [1.29, 1.82) is 0 Å². The lowest BCUT2D eigenvalue weighted by molar-refractivity contribution is -0.138. The summed E-state index contributed by atoms with van der Waals surface area (Å²) >= 11 is 3.44. The molecule has 0 amide bonds. The number of nitrogens with two attached hydrogens (primary N) is 1. The molecule has 20 heavy (non-hydrogen) atoms. The van der Waals surface area contributed by atoms with E-state index in [1.54, 1.807) is 10.9 Å².